The highest BCUT2D eigenvalue weighted by molar-refractivity contribution is 5.88. The molecule has 7 aliphatic rings. The van der Waals surface area contributed by atoms with Gasteiger partial charge in [0.1, 0.15) is 0 Å². The topological polar surface area (TPSA) is 67.1 Å². The minimum atomic E-state index is 0. The molecular formula is C48H36Br4N8. The summed E-state index contributed by atoms with van der Waals surface area (Å²) in [4.78, 5) is 20.0. The minimum absolute atomic E-state index is 0. The average molecular weight is 1040 g/mol. The van der Waals surface area contributed by atoms with Gasteiger partial charge in [0.05, 0.1) is 44.1 Å². The molecule has 10 aromatic rings. The van der Waals surface area contributed by atoms with Gasteiger partial charge < -0.3 is 67.9 Å². The molecule has 0 N–H and O–H groups in total. The van der Waals surface area contributed by atoms with E-state index in [1.807, 2.05) is 0 Å². The number of benzene rings is 4. The Labute approximate surface area is 389 Å². The van der Waals surface area contributed by atoms with Gasteiger partial charge in [-0.25, -0.2) is 38.2 Å². The third kappa shape index (κ3) is 8.74. The number of pyridine rings is 4. The number of halogens is 4. The van der Waals surface area contributed by atoms with Crippen LogP contribution in [-0.4, -0.2) is 19.9 Å². The van der Waals surface area contributed by atoms with E-state index in [9.17, 15) is 0 Å². The van der Waals surface area contributed by atoms with Gasteiger partial charge in [-0.3, -0.25) is 0 Å². The summed E-state index contributed by atoms with van der Waals surface area (Å²) < 4.78 is 8.82. The molecule has 0 spiro atoms. The standard InChI is InChI=1S/C48H36N8.4BrH/c1-5-41-45-25-33(1)29-53-17-9-37(10-18-53)38-11-19-55(20-12-38)31-35-3-7-43-47(27-35)52-48-28-36(4-8-44(48)50-43)32-56-23-15-40(16-24-56)39-13-21-54(22-14-39)30-34-2-6-42(49-41)46(26-34)51-45;;;;/h1-28H,29-32H2;4*1H/q+4;;;;/p-4. The summed E-state index contributed by atoms with van der Waals surface area (Å²) in [5, 5.41) is 0. The third-order valence-electron chi connectivity index (χ3n) is 10.8. The molecule has 0 fully saturated rings. The van der Waals surface area contributed by atoms with Gasteiger partial charge in [0, 0.05) is 70.8 Å². The fraction of sp³-hybridized carbons (Fsp3) is 0.0833. The Kier molecular flexibility index (Phi) is 12.9. The van der Waals surface area contributed by atoms with Gasteiger partial charge in [0.2, 0.25) is 0 Å². The van der Waals surface area contributed by atoms with Crippen molar-refractivity contribution in [3.05, 3.63) is 193 Å². The van der Waals surface area contributed by atoms with E-state index in [-0.39, 0.29) is 67.9 Å². The Morgan fingerprint density at radius 3 is 0.667 bits per heavy atom. The lowest BCUT2D eigenvalue weighted by molar-refractivity contribution is -0.688. The van der Waals surface area contributed by atoms with Crippen LogP contribution < -0.4 is 86.2 Å². The van der Waals surface area contributed by atoms with Crippen molar-refractivity contribution in [2.24, 2.45) is 0 Å². The zero-order valence-electron chi connectivity index (χ0n) is 32.1. The fourth-order valence-electron chi connectivity index (χ4n) is 7.79. The van der Waals surface area contributed by atoms with E-state index in [4.69, 9.17) is 19.9 Å². The maximum absolute atomic E-state index is 5.08. The summed E-state index contributed by atoms with van der Waals surface area (Å²) in [5.41, 5.74) is 16.7. The van der Waals surface area contributed by atoms with Crippen molar-refractivity contribution in [1.29, 1.82) is 0 Å². The van der Waals surface area contributed by atoms with Gasteiger partial charge in [0.25, 0.3) is 0 Å². The molecule has 0 saturated carbocycles. The first-order valence-electron chi connectivity index (χ1n) is 19.0. The van der Waals surface area contributed by atoms with E-state index < -0.39 is 0 Å². The van der Waals surface area contributed by atoms with Gasteiger partial charge in [-0.15, -0.1) is 0 Å². The second kappa shape index (κ2) is 18.1. The first kappa shape index (κ1) is 42.7. The van der Waals surface area contributed by atoms with Crippen molar-refractivity contribution in [2.75, 3.05) is 0 Å². The lowest BCUT2D eigenvalue weighted by atomic mass is 10.1. The van der Waals surface area contributed by atoms with E-state index in [1.54, 1.807) is 0 Å². The number of hydrogen-bond donors (Lipinski definition) is 0. The molecule has 17 rings (SSSR count). The van der Waals surface area contributed by atoms with Crippen LogP contribution in [0.15, 0.2) is 171 Å². The quantitative estimate of drug-likeness (QED) is 0.113. The summed E-state index contributed by atoms with van der Waals surface area (Å²) in [6, 6.07) is 43.0. The molecular weight excluding hydrogens is 1010 g/mol. The number of hydrogen-bond acceptors (Lipinski definition) is 4. The number of aromatic nitrogens is 8. The maximum atomic E-state index is 5.08. The molecule has 8 nitrogen and oxygen atoms in total. The molecule has 0 radical (unpaired) electrons. The smallest absolute Gasteiger partial charge is 0.173 e. The van der Waals surface area contributed by atoms with Crippen molar-refractivity contribution in [1.82, 2.24) is 19.9 Å². The van der Waals surface area contributed by atoms with Crippen molar-refractivity contribution in [2.45, 2.75) is 26.2 Å². The highest BCUT2D eigenvalue weighted by atomic mass is 79.9. The van der Waals surface area contributed by atoms with Crippen LogP contribution in [0.5, 0.6) is 0 Å². The average Bonchev–Trinajstić information content (AvgIpc) is 3.23. The summed E-state index contributed by atoms with van der Waals surface area (Å²) in [6.07, 6.45) is 17.2. The van der Waals surface area contributed by atoms with Crippen molar-refractivity contribution >= 4 is 44.1 Å². The van der Waals surface area contributed by atoms with Crippen LogP contribution in [0.1, 0.15) is 22.3 Å². The predicted octanol–water partition coefficient (Wildman–Crippen LogP) is -5.11. The normalized spacial score (nSPS) is 11.9. The molecule has 7 aliphatic heterocycles. The number of rotatable bonds is 0. The molecule has 6 aromatic heterocycles. The molecule has 13 heterocycles. The monoisotopic (exact) mass is 1040 g/mol. The summed E-state index contributed by atoms with van der Waals surface area (Å²) in [7, 11) is 0. The lowest BCUT2D eigenvalue weighted by Gasteiger charge is -2.06. The fourth-order valence-corrected chi connectivity index (χ4v) is 7.79. The van der Waals surface area contributed by atoms with Gasteiger partial charge in [-0.1, -0.05) is 24.3 Å². The Morgan fingerprint density at radius 1 is 0.250 bits per heavy atom. The SMILES string of the molecule is [Br-].[Br-].[Br-].[Br-].c1cc2nc3ccc4cc3nc2cc1C[n+]1ccc(cc1)-c1cc[n+](cc1)Cc1ccc2nc3ccc(cc3nc2c1)C[n+]1ccc(cc1)-c1cc[n+](cc1)C4. The van der Waals surface area contributed by atoms with E-state index in [2.05, 4.69) is 189 Å². The van der Waals surface area contributed by atoms with Crippen LogP contribution in [0.3, 0.4) is 0 Å². The molecule has 0 amide bonds. The second-order valence-corrected chi connectivity index (χ2v) is 14.8. The van der Waals surface area contributed by atoms with Gasteiger partial charge in [0.15, 0.2) is 75.8 Å². The summed E-state index contributed by atoms with van der Waals surface area (Å²) >= 11 is 0. The van der Waals surface area contributed by atoms with Crippen LogP contribution in [-0.2, 0) is 26.2 Å². The highest BCUT2D eigenvalue weighted by Gasteiger charge is 2.14. The molecule has 296 valence electrons. The third-order valence-corrected chi connectivity index (χ3v) is 10.8. The predicted molar refractivity (Wildman–Crippen MR) is 215 cm³/mol. The Morgan fingerprint density at radius 2 is 0.450 bits per heavy atom. The Bertz CT molecular complexity index is 2710. The summed E-state index contributed by atoms with van der Waals surface area (Å²) in [6.45, 7) is 2.97. The van der Waals surface area contributed by atoms with Gasteiger partial charge in [-0.2, -0.15) is 0 Å². The van der Waals surface area contributed by atoms with Crippen molar-refractivity contribution < 1.29 is 86.2 Å². The Hall–Kier alpha value is -5.40. The van der Waals surface area contributed by atoms with Crippen LogP contribution >= 0.6 is 0 Å². The second-order valence-electron chi connectivity index (χ2n) is 14.8. The largest absolute Gasteiger partial charge is 1.00 e. The molecule has 0 unspecified atom stereocenters. The lowest BCUT2D eigenvalue weighted by Crippen LogP contribution is -3.00. The molecule has 12 heteroatoms. The van der Waals surface area contributed by atoms with Crippen molar-refractivity contribution in [3.8, 4) is 22.3 Å². The zero-order chi connectivity index (χ0) is 37.0. The van der Waals surface area contributed by atoms with Crippen LogP contribution in [0, 0.1) is 0 Å². The van der Waals surface area contributed by atoms with E-state index in [1.165, 1.54) is 44.5 Å². The van der Waals surface area contributed by atoms with Crippen LogP contribution in [0.2, 0.25) is 0 Å². The molecule has 0 aliphatic carbocycles. The van der Waals surface area contributed by atoms with E-state index in [0.29, 0.717) is 0 Å². The zero-order valence-corrected chi connectivity index (χ0v) is 38.4. The molecule has 4 aromatic carbocycles. The molecule has 16 bridgehead atoms. The molecule has 60 heavy (non-hydrogen) atoms. The Balaban J connectivity index is 0.00000136. The highest BCUT2D eigenvalue weighted by Crippen LogP contribution is 2.22. The van der Waals surface area contributed by atoms with Crippen molar-refractivity contribution in [3.63, 3.8) is 0 Å². The first-order valence-corrected chi connectivity index (χ1v) is 19.0. The van der Waals surface area contributed by atoms with E-state index >= 15 is 0 Å². The maximum Gasteiger partial charge on any atom is 0.173 e. The first-order chi connectivity index (χ1) is 27.6. The molecule has 0 atom stereocenters. The van der Waals surface area contributed by atoms with Crippen LogP contribution in [0.25, 0.3) is 66.4 Å². The van der Waals surface area contributed by atoms with E-state index in [0.717, 1.165) is 70.3 Å². The molecule has 0 saturated heterocycles. The minimum Gasteiger partial charge on any atom is -1.00 e. The van der Waals surface area contributed by atoms with Crippen LogP contribution in [0.4, 0.5) is 0 Å². The van der Waals surface area contributed by atoms with Gasteiger partial charge in [-0.05, 0) is 70.8 Å². The number of nitrogens with zero attached hydrogens (tertiary/aromatic N) is 8. The summed E-state index contributed by atoms with van der Waals surface area (Å²) in [5.74, 6) is 0. The van der Waals surface area contributed by atoms with Gasteiger partial charge >= 0.3 is 0 Å².